The molecule has 1 saturated heterocycles. The highest BCUT2D eigenvalue weighted by Gasteiger charge is 2.46. The normalized spacial score (nSPS) is 21.2. The van der Waals surface area contributed by atoms with Crippen LogP contribution in [0.5, 0.6) is 11.5 Å². The number of rotatable bonds is 6. The van der Waals surface area contributed by atoms with E-state index in [0.29, 0.717) is 17.4 Å². The zero-order valence-electron chi connectivity index (χ0n) is 17.3. The van der Waals surface area contributed by atoms with Crippen molar-refractivity contribution in [1.29, 1.82) is 0 Å². The fraction of sp³-hybridized carbons (Fsp3) is 0.591. The lowest BCUT2D eigenvalue weighted by Crippen LogP contribution is -2.49. The lowest BCUT2D eigenvalue weighted by atomic mass is 9.76. The van der Waals surface area contributed by atoms with Gasteiger partial charge in [0.25, 0.3) is 0 Å². The number of hydrogen-bond donors (Lipinski definition) is 0. The number of carbonyl (C=O) groups excluding carboxylic acids is 1. The molecule has 7 heteroatoms. The Labute approximate surface area is 172 Å². The second kappa shape index (κ2) is 8.43. The number of ether oxygens (including phenoxy) is 2. The average molecular weight is 399 g/mol. The molecule has 1 atom stereocenters. The van der Waals surface area contributed by atoms with Crippen LogP contribution in [0.15, 0.2) is 30.9 Å². The van der Waals surface area contributed by atoms with Gasteiger partial charge in [-0.25, -0.2) is 4.98 Å². The van der Waals surface area contributed by atoms with E-state index < -0.39 is 5.41 Å². The Morgan fingerprint density at radius 1 is 1.17 bits per heavy atom. The molecule has 0 N–H and O–H groups in total. The topological polar surface area (TPSA) is 69.5 Å². The van der Waals surface area contributed by atoms with Gasteiger partial charge in [0.05, 0.1) is 19.6 Å². The Hall–Kier alpha value is -2.57. The minimum Gasteiger partial charge on any atom is -0.493 e. The van der Waals surface area contributed by atoms with Crippen molar-refractivity contribution in [3.05, 3.63) is 36.4 Å². The van der Waals surface area contributed by atoms with Gasteiger partial charge in [-0.15, -0.1) is 0 Å². The average Bonchev–Trinajstić information content (AvgIpc) is 3.46. The number of carbonyl (C=O) groups is 1. The quantitative estimate of drug-likeness (QED) is 0.748. The minimum absolute atomic E-state index is 0.269. The minimum atomic E-state index is -0.450. The van der Waals surface area contributed by atoms with Crippen molar-refractivity contribution in [2.24, 2.45) is 5.92 Å². The first-order valence-electron chi connectivity index (χ1n) is 10.5. The van der Waals surface area contributed by atoms with Gasteiger partial charge in [0.2, 0.25) is 5.91 Å². The number of amides is 1. The summed E-state index contributed by atoms with van der Waals surface area (Å²) in [4.78, 5) is 20.0. The summed E-state index contributed by atoms with van der Waals surface area (Å²) in [5.74, 6) is 2.07. The molecule has 1 aliphatic carbocycles. The van der Waals surface area contributed by atoms with Crippen LogP contribution < -0.4 is 9.47 Å². The number of likely N-dealkylation sites (tertiary alicyclic amines) is 1. The van der Waals surface area contributed by atoms with Crippen LogP contribution in [0.2, 0.25) is 0 Å². The standard InChI is InChI=1S/C22H30N4O3/c1-28-19-8-7-18(12-20(19)29-2)22(9-3-4-10-22)21(27)25-11-5-6-17(13-25)14-26-16-23-15-24-26/h7-8,12,15-17H,3-6,9-11,13-14H2,1-2H3. The molecule has 7 nitrogen and oxygen atoms in total. The maximum atomic E-state index is 13.8. The van der Waals surface area contributed by atoms with Crippen molar-refractivity contribution in [3.63, 3.8) is 0 Å². The summed E-state index contributed by atoms with van der Waals surface area (Å²) in [6, 6.07) is 5.96. The Balaban J connectivity index is 1.57. The van der Waals surface area contributed by atoms with Crippen molar-refractivity contribution in [2.45, 2.75) is 50.5 Å². The van der Waals surface area contributed by atoms with Crippen LogP contribution in [0.3, 0.4) is 0 Å². The second-order valence-electron chi connectivity index (χ2n) is 8.24. The summed E-state index contributed by atoms with van der Waals surface area (Å²) in [5.41, 5.74) is 0.602. The molecule has 156 valence electrons. The number of hydrogen-bond acceptors (Lipinski definition) is 5. The summed E-state index contributed by atoms with van der Waals surface area (Å²) in [7, 11) is 3.28. The van der Waals surface area contributed by atoms with Crippen LogP contribution in [-0.4, -0.2) is 52.9 Å². The molecule has 2 aromatic rings. The zero-order chi connectivity index (χ0) is 20.3. The SMILES string of the molecule is COc1ccc(C2(C(=O)N3CCCC(Cn4cncn4)C3)CCCC2)cc1OC. The summed E-state index contributed by atoms with van der Waals surface area (Å²) >= 11 is 0. The van der Waals surface area contributed by atoms with Gasteiger partial charge in [-0.3, -0.25) is 9.48 Å². The number of nitrogens with zero attached hydrogens (tertiary/aromatic N) is 4. The van der Waals surface area contributed by atoms with Crippen molar-refractivity contribution >= 4 is 5.91 Å². The first kappa shape index (κ1) is 19.7. The Bertz CT molecular complexity index is 831. The van der Waals surface area contributed by atoms with Gasteiger partial charge < -0.3 is 14.4 Å². The predicted molar refractivity (Wildman–Crippen MR) is 109 cm³/mol. The first-order chi connectivity index (χ1) is 14.2. The van der Waals surface area contributed by atoms with Crippen LogP contribution >= 0.6 is 0 Å². The smallest absolute Gasteiger partial charge is 0.233 e. The molecule has 1 saturated carbocycles. The fourth-order valence-corrected chi connectivity index (χ4v) is 5.03. The number of aromatic nitrogens is 3. The highest BCUT2D eigenvalue weighted by Crippen LogP contribution is 2.45. The van der Waals surface area contributed by atoms with Gasteiger partial charge in [0, 0.05) is 19.6 Å². The van der Waals surface area contributed by atoms with E-state index in [0.717, 1.165) is 63.7 Å². The van der Waals surface area contributed by atoms with Crippen molar-refractivity contribution < 1.29 is 14.3 Å². The van der Waals surface area contributed by atoms with Crippen molar-refractivity contribution in [2.75, 3.05) is 27.3 Å². The molecule has 0 radical (unpaired) electrons. The molecule has 4 rings (SSSR count). The van der Waals surface area contributed by atoms with Gasteiger partial charge in [0.15, 0.2) is 11.5 Å². The highest BCUT2D eigenvalue weighted by molar-refractivity contribution is 5.89. The molecule has 1 aromatic carbocycles. The fourth-order valence-electron chi connectivity index (χ4n) is 5.03. The predicted octanol–water partition coefficient (Wildman–Crippen LogP) is 3.05. The van der Waals surface area contributed by atoms with E-state index in [-0.39, 0.29) is 5.91 Å². The lowest BCUT2D eigenvalue weighted by molar-refractivity contribution is -0.139. The molecule has 2 fully saturated rings. The van der Waals surface area contributed by atoms with Gasteiger partial charge >= 0.3 is 0 Å². The highest BCUT2D eigenvalue weighted by atomic mass is 16.5. The molecule has 1 aliphatic heterocycles. The summed E-state index contributed by atoms with van der Waals surface area (Å²) in [5, 5.41) is 4.23. The molecule has 2 aliphatic rings. The monoisotopic (exact) mass is 398 g/mol. The molecule has 29 heavy (non-hydrogen) atoms. The third kappa shape index (κ3) is 3.82. The van der Waals surface area contributed by atoms with E-state index in [9.17, 15) is 4.79 Å². The molecular weight excluding hydrogens is 368 g/mol. The van der Waals surface area contributed by atoms with Gasteiger partial charge in [0.1, 0.15) is 12.7 Å². The van der Waals surface area contributed by atoms with E-state index in [1.165, 1.54) is 0 Å². The molecule has 2 heterocycles. The molecule has 1 unspecified atom stereocenters. The maximum Gasteiger partial charge on any atom is 0.233 e. The molecular formula is C22H30N4O3. The van der Waals surface area contributed by atoms with Crippen LogP contribution in [0, 0.1) is 5.92 Å². The molecule has 1 amide bonds. The van der Waals surface area contributed by atoms with Crippen LogP contribution in [0.4, 0.5) is 0 Å². The van der Waals surface area contributed by atoms with Gasteiger partial charge in [-0.1, -0.05) is 18.9 Å². The molecule has 0 spiro atoms. The molecule has 1 aromatic heterocycles. The third-order valence-corrected chi connectivity index (χ3v) is 6.52. The first-order valence-corrected chi connectivity index (χ1v) is 10.5. The van der Waals surface area contributed by atoms with Crippen molar-refractivity contribution in [1.82, 2.24) is 19.7 Å². The van der Waals surface area contributed by atoms with E-state index in [1.807, 2.05) is 22.9 Å². The molecule has 0 bridgehead atoms. The van der Waals surface area contributed by atoms with Gasteiger partial charge in [-0.2, -0.15) is 5.10 Å². The van der Waals surface area contributed by atoms with E-state index >= 15 is 0 Å². The number of benzene rings is 1. The van der Waals surface area contributed by atoms with Crippen LogP contribution in [-0.2, 0) is 16.8 Å². The Morgan fingerprint density at radius 2 is 1.97 bits per heavy atom. The number of methoxy groups -OCH3 is 2. The zero-order valence-corrected chi connectivity index (χ0v) is 17.3. The summed E-state index contributed by atoms with van der Waals surface area (Å²) in [6.45, 7) is 2.43. The Morgan fingerprint density at radius 3 is 2.66 bits per heavy atom. The van der Waals surface area contributed by atoms with Crippen LogP contribution in [0.1, 0.15) is 44.1 Å². The third-order valence-electron chi connectivity index (χ3n) is 6.52. The largest absolute Gasteiger partial charge is 0.493 e. The van der Waals surface area contributed by atoms with E-state index in [1.54, 1.807) is 26.9 Å². The second-order valence-corrected chi connectivity index (χ2v) is 8.24. The van der Waals surface area contributed by atoms with Gasteiger partial charge in [-0.05, 0) is 49.3 Å². The van der Waals surface area contributed by atoms with E-state index in [4.69, 9.17) is 9.47 Å². The number of piperidine rings is 1. The Kier molecular flexibility index (Phi) is 5.74. The van der Waals surface area contributed by atoms with Crippen molar-refractivity contribution in [3.8, 4) is 11.5 Å². The lowest BCUT2D eigenvalue weighted by Gasteiger charge is -2.39. The summed E-state index contributed by atoms with van der Waals surface area (Å²) < 4.78 is 12.8. The van der Waals surface area contributed by atoms with E-state index in [2.05, 4.69) is 15.0 Å². The summed E-state index contributed by atoms with van der Waals surface area (Å²) in [6.07, 6.45) is 9.42. The van der Waals surface area contributed by atoms with Crippen LogP contribution in [0.25, 0.3) is 0 Å². The maximum absolute atomic E-state index is 13.8.